The molecule has 28 heavy (non-hydrogen) atoms. The quantitative estimate of drug-likeness (QED) is 0.460. The molecular formula is C23H36O4Si. The number of methoxy groups -OCH3 is 1. The standard InChI is InChI=1S/C23H36O4Si/c1-10-11-19(27-28(8,9)22(2,3)4)20-23(5,6)16-25-21(26-20)17-12-14-18(24-7)15-13-17/h1,12-15,19-21H,11,16H2,2-9H3/t19-,20+,21-/m1/s1. The van der Waals surface area contributed by atoms with Crippen LogP contribution in [-0.4, -0.2) is 34.2 Å². The van der Waals surface area contributed by atoms with Gasteiger partial charge < -0.3 is 18.6 Å². The lowest BCUT2D eigenvalue weighted by molar-refractivity contribution is -0.282. The minimum absolute atomic E-state index is 0.102. The van der Waals surface area contributed by atoms with Gasteiger partial charge in [-0.1, -0.05) is 46.8 Å². The Morgan fingerprint density at radius 1 is 1.25 bits per heavy atom. The van der Waals surface area contributed by atoms with Crippen LogP contribution in [0.4, 0.5) is 0 Å². The van der Waals surface area contributed by atoms with Crippen molar-refractivity contribution in [3.8, 4) is 18.1 Å². The molecule has 0 N–H and O–H groups in total. The Morgan fingerprint density at radius 2 is 1.86 bits per heavy atom. The van der Waals surface area contributed by atoms with Gasteiger partial charge in [-0.2, -0.15) is 0 Å². The van der Waals surface area contributed by atoms with Crippen molar-refractivity contribution in [3.05, 3.63) is 29.8 Å². The van der Waals surface area contributed by atoms with Gasteiger partial charge >= 0.3 is 0 Å². The largest absolute Gasteiger partial charge is 0.497 e. The summed E-state index contributed by atoms with van der Waals surface area (Å²) < 4.78 is 24.5. The fraction of sp³-hybridized carbons (Fsp3) is 0.652. The maximum atomic E-state index is 6.73. The van der Waals surface area contributed by atoms with Crippen LogP contribution in [0.2, 0.25) is 18.1 Å². The van der Waals surface area contributed by atoms with Gasteiger partial charge in [0.05, 0.1) is 25.9 Å². The third-order valence-electron chi connectivity index (χ3n) is 5.94. The van der Waals surface area contributed by atoms with Crippen molar-refractivity contribution in [2.24, 2.45) is 5.41 Å². The lowest BCUT2D eigenvalue weighted by atomic mass is 9.82. The van der Waals surface area contributed by atoms with E-state index < -0.39 is 14.6 Å². The maximum Gasteiger partial charge on any atom is 0.192 e. The third-order valence-corrected chi connectivity index (χ3v) is 10.4. The lowest BCUT2D eigenvalue weighted by Crippen LogP contribution is -2.54. The topological polar surface area (TPSA) is 36.9 Å². The average molecular weight is 405 g/mol. The Labute approximate surface area is 172 Å². The molecule has 1 fully saturated rings. The second kappa shape index (κ2) is 8.58. The monoisotopic (exact) mass is 404 g/mol. The van der Waals surface area contributed by atoms with Crippen LogP contribution in [0.1, 0.15) is 52.9 Å². The van der Waals surface area contributed by atoms with E-state index in [1.165, 1.54) is 0 Å². The normalized spacial score (nSPS) is 23.7. The third kappa shape index (κ3) is 5.18. The Morgan fingerprint density at radius 3 is 2.36 bits per heavy atom. The van der Waals surface area contributed by atoms with E-state index in [1.807, 2.05) is 24.3 Å². The molecule has 2 rings (SSSR count). The molecule has 0 aromatic heterocycles. The predicted octanol–water partition coefficient (Wildman–Crippen LogP) is 5.55. The zero-order chi connectivity index (χ0) is 21.2. The number of benzene rings is 1. The molecule has 1 heterocycles. The molecular weight excluding hydrogens is 368 g/mol. The first-order valence-electron chi connectivity index (χ1n) is 9.93. The SMILES string of the molecule is C#CC[C@@H](O[Si](C)(C)C(C)(C)C)[C@@H]1O[C@H](c2ccc(OC)cc2)OCC1(C)C. The first-order valence-corrected chi connectivity index (χ1v) is 12.8. The fourth-order valence-electron chi connectivity index (χ4n) is 3.14. The molecule has 1 aromatic rings. The van der Waals surface area contributed by atoms with Crippen LogP contribution in [0.3, 0.4) is 0 Å². The summed E-state index contributed by atoms with van der Waals surface area (Å²) in [5, 5.41) is 0.102. The van der Waals surface area contributed by atoms with Gasteiger partial charge in [0.1, 0.15) is 5.75 Å². The van der Waals surface area contributed by atoms with E-state index in [0.717, 1.165) is 11.3 Å². The van der Waals surface area contributed by atoms with E-state index in [0.29, 0.717) is 13.0 Å². The van der Waals surface area contributed by atoms with Crippen LogP contribution in [0.25, 0.3) is 0 Å². The van der Waals surface area contributed by atoms with Gasteiger partial charge in [0.15, 0.2) is 14.6 Å². The smallest absolute Gasteiger partial charge is 0.192 e. The van der Waals surface area contributed by atoms with Crippen molar-refractivity contribution in [1.29, 1.82) is 0 Å². The van der Waals surface area contributed by atoms with E-state index in [-0.39, 0.29) is 22.7 Å². The van der Waals surface area contributed by atoms with Gasteiger partial charge in [-0.15, -0.1) is 12.3 Å². The number of hydrogen-bond acceptors (Lipinski definition) is 4. The van der Waals surface area contributed by atoms with Crippen molar-refractivity contribution in [3.63, 3.8) is 0 Å². The van der Waals surface area contributed by atoms with Gasteiger partial charge in [-0.3, -0.25) is 0 Å². The highest BCUT2D eigenvalue weighted by molar-refractivity contribution is 6.74. The lowest BCUT2D eigenvalue weighted by Gasteiger charge is -2.48. The molecule has 1 aromatic carbocycles. The highest BCUT2D eigenvalue weighted by Gasteiger charge is 2.47. The average Bonchev–Trinajstić information content (AvgIpc) is 2.60. The number of ether oxygens (including phenoxy) is 3. The second-order valence-corrected chi connectivity index (χ2v) is 14.5. The molecule has 0 saturated carbocycles. The van der Waals surface area contributed by atoms with Gasteiger partial charge in [0, 0.05) is 17.4 Å². The molecule has 1 aliphatic rings. The molecule has 156 valence electrons. The summed E-state index contributed by atoms with van der Waals surface area (Å²) >= 11 is 0. The molecule has 5 heteroatoms. The van der Waals surface area contributed by atoms with Gasteiger partial charge in [-0.05, 0) is 30.3 Å². The summed E-state index contributed by atoms with van der Waals surface area (Å²) in [4.78, 5) is 0. The molecule has 0 radical (unpaired) electrons. The molecule has 0 unspecified atom stereocenters. The zero-order valence-electron chi connectivity index (χ0n) is 18.7. The molecule has 0 bridgehead atoms. The Hall–Kier alpha value is -1.32. The van der Waals surface area contributed by atoms with Gasteiger partial charge in [0.25, 0.3) is 0 Å². The van der Waals surface area contributed by atoms with Gasteiger partial charge in [0.2, 0.25) is 0 Å². The fourth-order valence-corrected chi connectivity index (χ4v) is 4.46. The summed E-state index contributed by atoms with van der Waals surface area (Å²) in [6.45, 7) is 16.1. The van der Waals surface area contributed by atoms with Crippen LogP contribution in [-0.2, 0) is 13.9 Å². The second-order valence-electron chi connectivity index (χ2n) is 9.79. The van der Waals surface area contributed by atoms with Crippen molar-refractivity contribution in [1.82, 2.24) is 0 Å². The highest BCUT2D eigenvalue weighted by Crippen LogP contribution is 2.43. The molecule has 4 nitrogen and oxygen atoms in total. The van der Waals surface area contributed by atoms with E-state index >= 15 is 0 Å². The summed E-state index contributed by atoms with van der Waals surface area (Å²) in [5.74, 6) is 3.61. The van der Waals surface area contributed by atoms with Crippen LogP contribution in [0, 0.1) is 17.8 Å². The van der Waals surface area contributed by atoms with E-state index in [9.17, 15) is 0 Å². The minimum atomic E-state index is -2.00. The predicted molar refractivity (Wildman–Crippen MR) is 116 cm³/mol. The molecule has 0 aliphatic carbocycles. The van der Waals surface area contributed by atoms with Gasteiger partial charge in [-0.25, -0.2) is 0 Å². The molecule has 0 amide bonds. The first-order chi connectivity index (χ1) is 12.9. The summed E-state index contributed by atoms with van der Waals surface area (Å²) in [6, 6.07) is 7.79. The van der Waals surface area contributed by atoms with E-state index in [2.05, 4.69) is 53.6 Å². The van der Waals surface area contributed by atoms with Crippen molar-refractivity contribution in [2.45, 2.75) is 77.7 Å². The molecule has 0 spiro atoms. The Kier molecular flexibility index (Phi) is 7.04. The minimum Gasteiger partial charge on any atom is -0.497 e. The number of hydrogen-bond donors (Lipinski definition) is 0. The van der Waals surface area contributed by atoms with Crippen molar-refractivity contribution in [2.75, 3.05) is 13.7 Å². The van der Waals surface area contributed by atoms with E-state index in [4.69, 9.17) is 25.1 Å². The number of terminal acetylenes is 1. The maximum absolute atomic E-state index is 6.73. The van der Waals surface area contributed by atoms with Crippen LogP contribution < -0.4 is 4.74 Å². The zero-order valence-corrected chi connectivity index (χ0v) is 19.7. The number of rotatable bonds is 6. The van der Waals surface area contributed by atoms with Crippen molar-refractivity contribution < 1.29 is 18.6 Å². The van der Waals surface area contributed by atoms with Crippen LogP contribution in [0.5, 0.6) is 5.75 Å². The van der Waals surface area contributed by atoms with Crippen LogP contribution in [0.15, 0.2) is 24.3 Å². The summed E-state index contributed by atoms with van der Waals surface area (Å²) in [5.41, 5.74) is 0.764. The van der Waals surface area contributed by atoms with E-state index in [1.54, 1.807) is 7.11 Å². The van der Waals surface area contributed by atoms with Crippen LogP contribution >= 0.6 is 0 Å². The summed E-state index contributed by atoms with van der Waals surface area (Å²) in [7, 11) is -0.342. The Bertz CT molecular complexity index is 682. The first kappa shape index (κ1) is 23.0. The highest BCUT2D eigenvalue weighted by atomic mass is 28.4. The van der Waals surface area contributed by atoms with Crippen molar-refractivity contribution >= 4 is 8.32 Å². The molecule has 1 aliphatic heterocycles. The Balaban J connectivity index is 2.27. The summed E-state index contributed by atoms with van der Waals surface area (Å²) in [6.07, 6.45) is 5.49. The molecule has 1 saturated heterocycles. The molecule has 3 atom stereocenters.